The van der Waals surface area contributed by atoms with Crippen LogP contribution in [0, 0.1) is 5.92 Å². The number of rotatable bonds is 2. The van der Waals surface area contributed by atoms with Crippen LogP contribution in [0.25, 0.3) is 0 Å². The molecule has 2 rings (SSSR count). The van der Waals surface area contributed by atoms with E-state index in [-0.39, 0.29) is 5.92 Å². The molecule has 0 aromatic heterocycles. The number of nitrogens with zero attached hydrogens (tertiary/aromatic N) is 2. The Balaban J connectivity index is 1.83. The highest BCUT2D eigenvalue weighted by Crippen LogP contribution is 2.22. The molecule has 0 spiro atoms. The number of piperidine rings is 2. The van der Waals surface area contributed by atoms with Crippen LogP contribution >= 0.6 is 0 Å². The third-order valence-corrected chi connectivity index (χ3v) is 4.48. The van der Waals surface area contributed by atoms with Crippen molar-refractivity contribution < 1.29 is 4.79 Å². The summed E-state index contributed by atoms with van der Waals surface area (Å²) in [6.45, 7) is 5.06. The molecule has 1 amide bonds. The second-order valence-corrected chi connectivity index (χ2v) is 6.10. The Hall–Kier alpha value is -0.610. The lowest BCUT2D eigenvalue weighted by atomic mass is 9.91. The lowest BCUT2D eigenvalue weighted by molar-refractivity contribution is -0.138. The second-order valence-electron chi connectivity index (χ2n) is 6.10. The van der Waals surface area contributed by atoms with Crippen LogP contribution in [0.3, 0.4) is 0 Å². The highest BCUT2D eigenvalue weighted by Gasteiger charge is 2.31. The Bertz CT molecular complexity index is 285. The van der Waals surface area contributed by atoms with Gasteiger partial charge in [-0.05, 0) is 53.2 Å². The van der Waals surface area contributed by atoms with Crippen molar-refractivity contribution in [3.8, 4) is 0 Å². The van der Waals surface area contributed by atoms with Gasteiger partial charge in [0.2, 0.25) is 5.91 Å². The molecule has 0 radical (unpaired) electrons. The monoisotopic (exact) mass is 253 g/mol. The van der Waals surface area contributed by atoms with E-state index in [1.807, 2.05) is 0 Å². The summed E-state index contributed by atoms with van der Waals surface area (Å²) in [7, 11) is 4.27. The van der Waals surface area contributed by atoms with Crippen LogP contribution in [0.2, 0.25) is 0 Å². The van der Waals surface area contributed by atoms with Gasteiger partial charge < -0.3 is 15.1 Å². The fourth-order valence-corrected chi connectivity index (χ4v) is 3.22. The van der Waals surface area contributed by atoms with Crippen LogP contribution in [0.1, 0.15) is 32.6 Å². The zero-order valence-corrected chi connectivity index (χ0v) is 12.0. The number of carbonyl (C=O) groups excluding carboxylic acids is 1. The summed E-state index contributed by atoms with van der Waals surface area (Å²) in [5, 5.41) is 3.41. The molecule has 1 N–H and O–H groups in total. The normalized spacial score (nSPS) is 30.8. The van der Waals surface area contributed by atoms with Gasteiger partial charge >= 0.3 is 0 Å². The van der Waals surface area contributed by atoms with Crippen LogP contribution < -0.4 is 5.32 Å². The van der Waals surface area contributed by atoms with Gasteiger partial charge in [-0.15, -0.1) is 0 Å². The fourth-order valence-electron chi connectivity index (χ4n) is 3.22. The Morgan fingerprint density at radius 2 is 1.89 bits per heavy atom. The summed E-state index contributed by atoms with van der Waals surface area (Å²) in [6.07, 6.45) is 4.27. The Morgan fingerprint density at radius 3 is 2.44 bits per heavy atom. The van der Waals surface area contributed by atoms with Gasteiger partial charge in [-0.25, -0.2) is 0 Å². The largest absolute Gasteiger partial charge is 0.342 e. The molecule has 2 aliphatic heterocycles. The van der Waals surface area contributed by atoms with Gasteiger partial charge in [-0.2, -0.15) is 0 Å². The molecule has 2 atom stereocenters. The van der Waals surface area contributed by atoms with Crippen molar-refractivity contribution in [1.82, 2.24) is 15.1 Å². The van der Waals surface area contributed by atoms with E-state index in [0.29, 0.717) is 18.0 Å². The number of likely N-dealkylation sites (tertiary alicyclic amines) is 1. The van der Waals surface area contributed by atoms with Crippen LogP contribution in [0.5, 0.6) is 0 Å². The van der Waals surface area contributed by atoms with E-state index in [4.69, 9.17) is 0 Å². The van der Waals surface area contributed by atoms with Crippen LogP contribution in [-0.2, 0) is 4.79 Å². The molecule has 4 heteroatoms. The molecule has 18 heavy (non-hydrogen) atoms. The van der Waals surface area contributed by atoms with Crippen molar-refractivity contribution in [2.75, 3.05) is 33.7 Å². The average molecular weight is 253 g/mol. The molecule has 2 saturated heterocycles. The third-order valence-electron chi connectivity index (χ3n) is 4.48. The molecule has 2 fully saturated rings. The second kappa shape index (κ2) is 6.02. The molecule has 0 aliphatic carbocycles. The van der Waals surface area contributed by atoms with Gasteiger partial charge in [0.1, 0.15) is 0 Å². The Kier molecular flexibility index (Phi) is 4.62. The lowest BCUT2D eigenvalue weighted by Crippen LogP contribution is -2.49. The molecule has 104 valence electrons. The van der Waals surface area contributed by atoms with Gasteiger partial charge in [-0.3, -0.25) is 4.79 Å². The summed E-state index contributed by atoms with van der Waals surface area (Å²) in [5.74, 6) is 0.665. The van der Waals surface area contributed by atoms with E-state index in [9.17, 15) is 4.79 Å². The van der Waals surface area contributed by atoms with Crippen molar-refractivity contribution >= 4 is 5.91 Å². The molecule has 0 aromatic rings. The number of hydrogen-bond acceptors (Lipinski definition) is 3. The quantitative estimate of drug-likeness (QED) is 0.795. The van der Waals surface area contributed by atoms with E-state index in [1.165, 1.54) is 0 Å². The summed E-state index contributed by atoms with van der Waals surface area (Å²) >= 11 is 0. The van der Waals surface area contributed by atoms with Crippen molar-refractivity contribution in [2.24, 2.45) is 5.92 Å². The molecule has 0 aromatic carbocycles. The molecule has 2 heterocycles. The smallest absolute Gasteiger partial charge is 0.225 e. The zero-order valence-electron chi connectivity index (χ0n) is 12.0. The maximum Gasteiger partial charge on any atom is 0.225 e. The van der Waals surface area contributed by atoms with Crippen LogP contribution in [0.4, 0.5) is 0 Å². The maximum absolute atomic E-state index is 12.5. The Labute approximate surface area is 111 Å². The predicted molar refractivity (Wildman–Crippen MR) is 73.5 cm³/mol. The third kappa shape index (κ3) is 3.23. The van der Waals surface area contributed by atoms with E-state index in [0.717, 1.165) is 45.3 Å². The maximum atomic E-state index is 12.5. The summed E-state index contributed by atoms with van der Waals surface area (Å²) < 4.78 is 0. The minimum absolute atomic E-state index is 0.261. The number of hydrogen-bond donors (Lipinski definition) is 1. The van der Waals surface area contributed by atoms with Crippen molar-refractivity contribution in [3.63, 3.8) is 0 Å². The summed E-state index contributed by atoms with van der Waals surface area (Å²) in [4.78, 5) is 16.8. The topological polar surface area (TPSA) is 35.6 Å². The van der Waals surface area contributed by atoms with Crippen molar-refractivity contribution in [3.05, 3.63) is 0 Å². The van der Waals surface area contributed by atoms with E-state index < -0.39 is 0 Å². The first-order valence-electron chi connectivity index (χ1n) is 7.26. The van der Waals surface area contributed by atoms with Crippen molar-refractivity contribution in [2.45, 2.75) is 44.7 Å². The van der Waals surface area contributed by atoms with Gasteiger partial charge in [0.15, 0.2) is 0 Å². The van der Waals surface area contributed by atoms with Gasteiger partial charge in [0, 0.05) is 31.1 Å². The van der Waals surface area contributed by atoms with Gasteiger partial charge in [-0.1, -0.05) is 0 Å². The molecular formula is C14H27N3O. The average Bonchev–Trinajstić information content (AvgIpc) is 2.38. The zero-order chi connectivity index (χ0) is 13.1. The lowest BCUT2D eigenvalue weighted by Gasteiger charge is -2.38. The highest BCUT2D eigenvalue weighted by molar-refractivity contribution is 5.79. The molecule has 2 unspecified atom stereocenters. The van der Waals surface area contributed by atoms with E-state index in [1.54, 1.807) is 0 Å². The van der Waals surface area contributed by atoms with Gasteiger partial charge in [0.25, 0.3) is 0 Å². The fraction of sp³-hybridized carbons (Fsp3) is 0.929. The Morgan fingerprint density at radius 1 is 1.22 bits per heavy atom. The highest BCUT2D eigenvalue weighted by atomic mass is 16.2. The molecule has 4 nitrogen and oxygen atoms in total. The summed E-state index contributed by atoms with van der Waals surface area (Å²) in [6, 6.07) is 1.15. The SMILES string of the molecule is CC1CC(C(=O)N2CCC(N(C)C)CC2)CCN1. The minimum atomic E-state index is 0.261. The van der Waals surface area contributed by atoms with Crippen molar-refractivity contribution in [1.29, 1.82) is 0 Å². The first-order chi connectivity index (χ1) is 8.58. The first-order valence-corrected chi connectivity index (χ1v) is 7.26. The predicted octanol–water partition coefficient (Wildman–Crippen LogP) is 0.927. The van der Waals surface area contributed by atoms with Gasteiger partial charge in [0.05, 0.1) is 0 Å². The number of nitrogens with one attached hydrogen (secondary N) is 1. The van der Waals surface area contributed by atoms with E-state index in [2.05, 4.69) is 36.1 Å². The van der Waals surface area contributed by atoms with Crippen LogP contribution in [-0.4, -0.2) is 61.5 Å². The molecular weight excluding hydrogens is 226 g/mol. The molecule has 2 aliphatic rings. The minimum Gasteiger partial charge on any atom is -0.342 e. The number of amides is 1. The number of carbonyl (C=O) groups is 1. The van der Waals surface area contributed by atoms with E-state index >= 15 is 0 Å². The molecule has 0 saturated carbocycles. The summed E-state index contributed by atoms with van der Waals surface area (Å²) in [5.41, 5.74) is 0. The van der Waals surface area contributed by atoms with Crippen LogP contribution in [0.15, 0.2) is 0 Å². The molecule has 0 bridgehead atoms. The standard InChI is InChI=1S/C14H27N3O/c1-11-10-12(4-7-15-11)14(18)17-8-5-13(6-9-17)16(2)3/h11-13,15H,4-10H2,1-3H3. The first kappa shape index (κ1) is 13.8.